The molecule has 0 aliphatic carbocycles. The van der Waals surface area contributed by atoms with E-state index in [1.54, 1.807) is 4.90 Å². The molecule has 25 heavy (non-hydrogen) atoms. The number of amides is 2. The van der Waals surface area contributed by atoms with Crippen LogP contribution in [0.5, 0.6) is 0 Å². The molecule has 2 amide bonds. The average molecular weight is 428 g/mol. The molecule has 1 aromatic heterocycles. The van der Waals surface area contributed by atoms with Crippen LogP contribution < -0.4 is 11.0 Å². The Hall–Kier alpha value is -1.93. The van der Waals surface area contributed by atoms with Crippen molar-refractivity contribution in [2.24, 2.45) is 0 Å². The number of nitrogens with one attached hydrogen (secondary N) is 2. The summed E-state index contributed by atoms with van der Waals surface area (Å²) < 4.78 is 14.6. The largest absolute Gasteiger partial charge is 0.345 e. The first-order valence-corrected chi connectivity index (χ1v) is 8.93. The van der Waals surface area contributed by atoms with Crippen LogP contribution in [0.15, 0.2) is 27.6 Å². The molecule has 9 heteroatoms. The van der Waals surface area contributed by atoms with Crippen LogP contribution >= 0.6 is 27.5 Å². The summed E-state index contributed by atoms with van der Waals surface area (Å²) in [5.74, 6) is -0.600. The summed E-state index contributed by atoms with van der Waals surface area (Å²) >= 11 is 9.08. The van der Waals surface area contributed by atoms with E-state index < -0.39 is 5.82 Å². The van der Waals surface area contributed by atoms with Gasteiger partial charge in [-0.15, -0.1) is 0 Å². The van der Waals surface area contributed by atoms with E-state index in [-0.39, 0.29) is 34.5 Å². The molecule has 3 heterocycles. The maximum atomic E-state index is 14.1. The molecule has 2 N–H and O–H groups in total. The summed E-state index contributed by atoms with van der Waals surface area (Å²) in [5.41, 5.74) is 1.36. The number of hydrogen-bond donors (Lipinski definition) is 2. The van der Waals surface area contributed by atoms with E-state index in [2.05, 4.69) is 31.2 Å². The Morgan fingerprint density at radius 2 is 2.24 bits per heavy atom. The van der Waals surface area contributed by atoms with Crippen molar-refractivity contribution in [2.75, 3.05) is 5.32 Å². The highest BCUT2D eigenvalue weighted by Gasteiger charge is 2.43. The third-order valence-corrected chi connectivity index (χ3v) is 5.91. The van der Waals surface area contributed by atoms with Gasteiger partial charge in [0.2, 0.25) is 0 Å². The van der Waals surface area contributed by atoms with Crippen LogP contribution in [0.4, 0.5) is 14.9 Å². The lowest BCUT2D eigenvalue weighted by atomic mass is 10.00. The lowest BCUT2D eigenvalue weighted by Gasteiger charge is -2.35. The van der Waals surface area contributed by atoms with Gasteiger partial charge < -0.3 is 15.2 Å². The lowest BCUT2D eigenvalue weighted by molar-refractivity contribution is 0.178. The van der Waals surface area contributed by atoms with Crippen molar-refractivity contribution >= 4 is 39.2 Å². The highest BCUT2D eigenvalue weighted by atomic mass is 79.9. The van der Waals surface area contributed by atoms with Crippen LogP contribution in [0.2, 0.25) is 5.02 Å². The van der Waals surface area contributed by atoms with Gasteiger partial charge in [-0.1, -0.05) is 11.6 Å². The van der Waals surface area contributed by atoms with E-state index in [0.29, 0.717) is 10.9 Å². The number of nitrogens with zero attached hydrogens (tertiary/aromatic N) is 2. The minimum Gasteiger partial charge on any atom is -0.314 e. The van der Waals surface area contributed by atoms with Crippen molar-refractivity contribution in [2.45, 2.75) is 31.3 Å². The smallest absolute Gasteiger partial charge is 0.314 e. The van der Waals surface area contributed by atoms with E-state index >= 15 is 0 Å². The number of rotatable bonds is 1. The molecule has 2 aliphatic rings. The second kappa shape index (κ2) is 6.10. The fraction of sp³-hybridized carbons (Fsp3) is 0.312. The standard InChI is InChI=1S/C16H13BrClFN4O2/c17-9-4-13(11(19)5-10(9)18)22-16(25)23-7-1-2-14(23)8-6-20-15(24)21-12(8)3-7/h4-7,14H,1-3H2,(H,22,25)(H,20,21,24). The first-order valence-electron chi connectivity index (χ1n) is 7.76. The van der Waals surface area contributed by atoms with Crippen LogP contribution in [0.1, 0.15) is 30.1 Å². The highest BCUT2D eigenvalue weighted by Crippen LogP contribution is 2.43. The first kappa shape index (κ1) is 16.5. The molecule has 2 aliphatic heterocycles. The Bertz CT molecular complexity index is 935. The molecule has 1 saturated heterocycles. The van der Waals surface area contributed by atoms with Crippen molar-refractivity contribution in [3.05, 3.63) is 55.4 Å². The van der Waals surface area contributed by atoms with Crippen LogP contribution in [-0.4, -0.2) is 26.9 Å². The molecule has 2 aromatic rings. The fourth-order valence-corrected chi connectivity index (χ4v) is 4.12. The number of hydrogen-bond acceptors (Lipinski definition) is 3. The summed E-state index contributed by atoms with van der Waals surface area (Å²) in [6.07, 6.45) is 3.69. The van der Waals surface area contributed by atoms with E-state index in [9.17, 15) is 14.0 Å². The number of aromatic nitrogens is 2. The van der Waals surface area contributed by atoms with Gasteiger partial charge in [0.15, 0.2) is 0 Å². The topological polar surface area (TPSA) is 78.1 Å². The van der Waals surface area contributed by atoms with Crippen LogP contribution in [-0.2, 0) is 6.42 Å². The molecule has 0 radical (unpaired) electrons. The molecular weight excluding hydrogens is 415 g/mol. The minimum atomic E-state index is -0.600. The molecule has 130 valence electrons. The molecule has 1 fully saturated rings. The summed E-state index contributed by atoms with van der Waals surface area (Å²) in [7, 11) is 0. The van der Waals surface area contributed by atoms with E-state index in [1.807, 2.05) is 0 Å². The van der Waals surface area contributed by atoms with Crippen LogP contribution in [0.25, 0.3) is 0 Å². The number of carbonyl (C=O) groups is 1. The van der Waals surface area contributed by atoms with Crippen molar-refractivity contribution in [3.63, 3.8) is 0 Å². The first-order chi connectivity index (χ1) is 11.9. The number of aromatic amines is 1. The predicted octanol–water partition coefficient (Wildman–Crippen LogP) is 3.62. The van der Waals surface area contributed by atoms with Gasteiger partial charge in [-0.25, -0.2) is 19.0 Å². The van der Waals surface area contributed by atoms with Gasteiger partial charge in [0.05, 0.1) is 16.8 Å². The van der Waals surface area contributed by atoms with Gasteiger partial charge in [-0.2, -0.15) is 0 Å². The highest BCUT2D eigenvalue weighted by molar-refractivity contribution is 9.10. The summed E-state index contributed by atoms with van der Waals surface area (Å²) in [4.78, 5) is 32.4. The van der Waals surface area contributed by atoms with E-state index in [1.165, 1.54) is 12.3 Å². The molecule has 2 unspecified atom stereocenters. The van der Waals surface area contributed by atoms with Gasteiger partial charge in [0.25, 0.3) is 0 Å². The number of fused-ring (bicyclic) bond motifs is 4. The summed E-state index contributed by atoms with van der Waals surface area (Å²) in [6.45, 7) is 0. The molecule has 0 spiro atoms. The van der Waals surface area contributed by atoms with Gasteiger partial charge in [-0.3, -0.25) is 0 Å². The molecule has 2 atom stereocenters. The van der Waals surface area contributed by atoms with Gasteiger partial charge in [-0.05, 0) is 40.9 Å². The number of carbonyl (C=O) groups excluding carboxylic acids is 1. The Balaban J connectivity index is 1.63. The van der Waals surface area contributed by atoms with Crippen molar-refractivity contribution in [3.8, 4) is 0 Å². The maximum Gasteiger partial charge on any atom is 0.345 e. The SMILES string of the molecule is O=C(Nc1cc(Br)c(Cl)cc1F)N1C2CCC1c1cnc(=O)[nH]c1C2. The normalized spacial score (nSPS) is 21.2. The monoisotopic (exact) mass is 426 g/mol. The third kappa shape index (κ3) is 2.83. The van der Waals surface area contributed by atoms with Crippen molar-refractivity contribution in [1.29, 1.82) is 0 Å². The number of anilines is 1. The zero-order valence-corrected chi connectivity index (χ0v) is 15.2. The van der Waals surface area contributed by atoms with Crippen LogP contribution in [0, 0.1) is 5.82 Å². The zero-order valence-electron chi connectivity index (χ0n) is 12.9. The molecule has 1 aromatic carbocycles. The van der Waals surface area contributed by atoms with Gasteiger partial charge in [0.1, 0.15) is 5.82 Å². The van der Waals surface area contributed by atoms with Crippen molar-refractivity contribution in [1.82, 2.24) is 14.9 Å². The Morgan fingerprint density at radius 1 is 1.44 bits per heavy atom. The van der Waals surface area contributed by atoms with Gasteiger partial charge >= 0.3 is 11.7 Å². The van der Waals surface area contributed by atoms with E-state index in [4.69, 9.17) is 11.6 Å². The molecule has 6 nitrogen and oxygen atoms in total. The summed E-state index contributed by atoms with van der Waals surface area (Å²) in [5, 5.41) is 2.86. The number of urea groups is 1. The number of H-pyrrole nitrogens is 1. The Morgan fingerprint density at radius 3 is 3.04 bits per heavy atom. The lowest BCUT2D eigenvalue weighted by Crippen LogP contribution is -2.45. The molecule has 2 bridgehead atoms. The average Bonchev–Trinajstić information content (AvgIpc) is 2.88. The zero-order chi connectivity index (χ0) is 17.7. The number of benzene rings is 1. The fourth-order valence-electron chi connectivity index (χ4n) is 3.63. The predicted molar refractivity (Wildman–Crippen MR) is 94.3 cm³/mol. The Kier molecular flexibility index (Phi) is 4.04. The van der Waals surface area contributed by atoms with Crippen molar-refractivity contribution < 1.29 is 9.18 Å². The number of halogens is 3. The summed E-state index contributed by atoms with van der Waals surface area (Å²) in [6, 6.07) is 2.01. The van der Waals surface area contributed by atoms with E-state index in [0.717, 1.165) is 30.2 Å². The maximum absolute atomic E-state index is 14.1. The van der Waals surface area contributed by atoms with Gasteiger partial charge in [0, 0.05) is 34.4 Å². The second-order valence-corrected chi connectivity index (χ2v) is 7.42. The molecule has 4 rings (SSSR count). The third-order valence-electron chi connectivity index (χ3n) is 4.71. The Labute approximate surface area is 155 Å². The second-order valence-electron chi connectivity index (χ2n) is 6.16. The quantitative estimate of drug-likeness (QED) is 0.682. The molecular formula is C16H13BrClFN4O2. The minimum absolute atomic E-state index is 0.0330. The molecule has 0 saturated carbocycles. The van der Waals surface area contributed by atoms with Crippen LogP contribution in [0.3, 0.4) is 0 Å².